The number of hydrogen-bond donors (Lipinski definition) is 2. The van der Waals surface area contributed by atoms with Crippen LogP contribution in [0.4, 0.5) is 5.69 Å². The first-order valence-corrected chi connectivity index (χ1v) is 6.96. The van der Waals surface area contributed by atoms with Gasteiger partial charge in [0.15, 0.2) is 0 Å². The lowest BCUT2D eigenvalue weighted by atomic mass is 10.3. The van der Waals surface area contributed by atoms with E-state index in [1.165, 1.54) is 0 Å². The fraction of sp³-hybridized carbons (Fsp3) is 0.200. The number of hydrogen-bond acceptors (Lipinski definition) is 3. The van der Waals surface area contributed by atoms with E-state index < -0.39 is 6.10 Å². The molecular weight excluding hydrogens is 297 g/mol. The second-order valence-electron chi connectivity index (χ2n) is 4.26. The highest BCUT2D eigenvalue weighted by Gasteiger charge is 2.08. The Bertz CT molecular complexity index is 549. The van der Waals surface area contributed by atoms with Crippen LogP contribution in [0.5, 0.6) is 5.75 Å². The predicted octanol–water partition coefficient (Wildman–Crippen LogP) is 3.85. The highest BCUT2D eigenvalue weighted by atomic mass is 35.5. The van der Waals surface area contributed by atoms with E-state index >= 15 is 0 Å². The standard InChI is InChI=1S/C15H15Cl2NO2/c16-13-7-4-8-14(15(13)17)18-9-11(19)10-20-12-5-2-1-3-6-12/h1-8,11,18-19H,9-10H2. The van der Waals surface area contributed by atoms with Crippen molar-refractivity contribution in [3.8, 4) is 5.75 Å². The third-order valence-corrected chi connectivity index (χ3v) is 3.48. The van der Waals surface area contributed by atoms with Gasteiger partial charge >= 0.3 is 0 Å². The molecule has 1 atom stereocenters. The van der Waals surface area contributed by atoms with Crippen LogP contribution in [0.25, 0.3) is 0 Å². The van der Waals surface area contributed by atoms with Crippen molar-refractivity contribution >= 4 is 28.9 Å². The number of ether oxygens (including phenoxy) is 1. The van der Waals surface area contributed by atoms with Gasteiger partial charge in [-0.2, -0.15) is 0 Å². The maximum absolute atomic E-state index is 9.87. The molecule has 0 heterocycles. The summed E-state index contributed by atoms with van der Waals surface area (Å²) in [4.78, 5) is 0. The minimum Gasteiger partial charge on any atom is -0.491 e. The summed E-state index contributed by atoms with van der Waals surface area (Å²) in [5, 5.41) is 13.8. The number of rotatable bonds is 6. The summed E-state index contributed by atoms with van der Waals surface area (Å²) in [6.07, 6.45) is -0.648. The van der Waals surface area contributed by atoms with Gasteiger partial charge in [-0.25, -0.2) is 0 Å². The zero-order valence-electron chi connectivity index (χ0n) is 10.7. The molecule has 0 spiro atoms. The number of aliphatic hydroxyl groups excluding tert-OH is 1. The van der Waals surface area contributed by atoms with E-state index in [0.29, 0.717) is 22.3 Å². The van der Waals surface area contributed by atoms with Crippen LogP contribution in [0.15, 0.2) is 48.5 Å². The molecule has 2 rings (SSSR count). The molecule has 0 bridgehead atoms. The van der Waals surface area contributed by atoms with Crippen LogP contribution in [0.2, 0.25) is 10.0 Å². The third kappa shape index (κ3) is 4.30. The lowest BCUT2D eigenvalue weighted by Gasteiger charge is -2.15. The van der Waals surface area contributed by atoms with Gasteiger partial charge < -0.3 is 15.2 Å². The number of anilines is 1. The molecule has 2 aromatic rings. The Kier molecular flexibility index (Phi) is 5.53. The summed E-state index contributed by atoms with van der Waals surface area (Å²) in [5.41, 5.74) is 0.693. The molecule has 0 amide bonds. The van der Waals surface area contributed by atoms with E-state index in [9.17, 15) is 5.11 Å². The number of aliphatic hydroxyl groups is 1. The van der Waals surface area contributed by atoms with Crippen LogP contribution in [-0.4, -0.2) is 24.4 Å². The van der Waals surface area contributed by atoms with Crippen molar-refractivity contribution in [2.24, 2.45) is 0 Å². The van der Waals surface area contributed by atoms with Crippen LogP contribution in [0.3, 0.4) is 0 Å². The van der Waals surface area contributed by atoms with Crippen molar-refractivity contribution in [2.45, 2.75) is 6.10 Å². The van der Waals surface area contributed by atoms with Gasteiger partial charge in [0.25, 0.3) is 0 Å². The molecule has 1 unspecified atom stereocenters. The van der Waals surface area contributed by atoms with Crippen LogP contribution in [-0.2, 0) is 0 Å². The molecule has 20 heavy (non-hydrogen) atoms. The summed E-state index contributed by atoms with van der Waals surface area (Å²) in [6, 6.07) is 14.7. The van der Waals surface area contributed by atoms with Crippen molar-refractivity contribution in [1.29, 1.82) is 0 Å². The van der Waals surface area contributed by atoms with E-state index in [4.69, 9.17) is 27.9 Å². The molecule has 3 nitrogen and oxygen atoms in total. The average molecular weight is 312 g/mol. The van der Waals surface area contributed by atoms with Crippen LogP contribution in [0.1, 0.15) is 0 Å². The van der Waals surface area contributed by atoms with E-state index in [1.807, 2.05) is 30.3 Å². The third-order valence-electron chi connectivity index (χ3n) is 2.67. The van der Waals surface area contributed by atoms with E-state index in [2.05, 4.69) is 5.32 Å². The first-order valence-electron chi connectivity index (χ1n) is 6.20. The second kappa shape index (κ2) is 7.39. The van der Waals surface area contributed by atoms with E-state index in [1.54, 1.807) is 18.2 Å². The van der Waals surface area contributed by atoms with Crippen molar-refractivity contribution in [3.63, 3.8) is 0 Å². The van der Waals surface area contributed by atoms with Gasteiger partial charge in [-0.1, -0.05) is 47.5 Å². The molecule has 2 N–H and O–H groups in total. The van der Waals surface area contributed by atoms with Crippen molar-refractivity contribution < 1.29 is 9.84 Å². The smallest absolute Gasteiger partial charge is 0.119 e. The molecule has 0 fully saturated rings. The average Bonchev–Trinajstić information content (AvgIpc) is 2.48. The number of para-hydroxylation sites is 1. The van der Waals surface area contributed by atoms with Crippen LogP contribution >= 0.6 is 23.2 Å². The molecule has 0 radical (unpaired) electrons. The van der Waals surface area contributed by atoms with E-state index in [-0.39, 0.29) is 6.61 Å². The Morgan fingerprint density at radius 3 is 2.55 bits per heavy atom. The summed E-state index contributed by atoms with van der Waals surface area (Å²) in [6.45, 7) is 0.530. The number of nitrogens with one attached hydrogen (secondary N) is 1. The Hall–Kier alpha value is -1.42. The summed E-state index contributed by atoms with van der Waals surface area (Å²) in [5.74, 6) is 0.729. The van der Waals surface area contributed by atoms with Crippen molar-refractivity contribution in [1.82, 2.24) is 0 Å². The zero-order valence-corrected chi connectivity index (χ0v) is 12.2. The molecule has 106 valence electrons. The molecular formula is C15H15Cl2NO2. The molecule has 2 aromatic carbocycles. The van der Waals surface area contributed by atoms with E-state index in [0.717, 1.165) is 5.75 Å². The molecule has 0 saturated carbocycles. The van der Waals surface area contributed by atoms with Gasteiger partial charge in [0.05, 0.1) is 15.7 Å². The van der Waals surface area contributed by atoms with Gasteiger partial charge in [-0.3, -0.25) is 0 Å². The Labute approximate surface area is 128 Å². The predicted molar refractivity (Wildman–Crippen MR) is 82.9 cm³/mol. The second-order valence-corrected chi connectivity index (χ2v) is 5.05. The quantitative estimate of drug-likeness (QED) is 0.851. The fourth-order valence-corrected chi connectivity index (χ4v) is 2.00. The summed E-state index contributed by atoms with van der Waals surface area (Å²) >= 11 is 12.0. The first-order chi connectivity index (χ1) is 9.66. The molecule has 0 aliphatic rings. The van der Waals surface area contributed by atoms with Crippen molar-refractivity contribution in [2.75, 3.05) is 18.5 Å². The van der Waals surface area contributed by atoms with Crippen LogP contribution in [0, 0.1) is 0 Å². The monoisotopic (exact) mass is 311 g/mol. The maximum atomic E-state index is 9.87. The summed E-state index contributed by atoms with van der Waals surface area (Å²) in [7, 11) is 0. The first kappa shape index (κ1) is 15.0. The van der Waals surface area contributed by atoms with Crippen molar-refractivity contribution in [3.05, 3.63) is 58.6 Å². The molecule has 0 aliphatic carbocycles. The van der Waals surface area contributed by atoms with Crippen LogP contribution < -0.4 is 10.1 Å². The lowest BCUT2D eigenvalue weighted by molar-refractivity contribution is 0.117. The molecule has 0 aromatic heterocycles. The zero-order chi connectivity index (χ0) is 14.4. The number of benzene rings is 2. The maximum Gasteiger partial charge on any atom is 0.119 e. The Morgan fingerprint density at radius 1 is 1.05 bits per heavy atom. The summed E-state index contributed by atoms with van der Waals surface area (Å²) < 4.78 is 5.46. The topological polar surface area (TPSA) is 41.5 Å². The SMILES string of the molecule is OC(CNc1cccc(Cl)c1Cl)COc1ccccc1. The number of halogens is 2. The fourth-order valence-electron chi connectivity index (χ4n) is 1.64. The minimum absolute atomic E-state index is 0.204. The highest BCUT2D eigenvalue weighted by molar-refractivity contribution is 6.43. The van der Waals surface area contributed by atoms with Gasteiger partial charge in [-0.05, 0) is 24.3 Å². The van der Waals surface area contributed by atoms with Gasteiger partial charge in [0.1, 0.15) is 18.5 Å². The Balaban J connectivity index is 1.80. The minimum atomic E-state index is -0.648. The van der Waals surface area contributed by atoms with Gasteiger partial charge in [-0.15, -0.1) is 0 Å². The van der Waals surface area contributed by atoms with Gasteiger partial charge in [0, 0.05) is 6.54 Å². The normalized spacial score (nSPS) is 11.9. The molecule has 0 saturated heterocycles. The molecule has 0 aliphatic heterocycles. The molecule has 5 heteroatoms. The highest BCUT2D eigenvalue weighted by Crippen LogP contribution is 2.29. The van der Waals surface area contributed by atoms with Gasteiger partial charge in [0.2, 0.25) is 0 Å². The lowest BCUT2D eigenvalue weighted by Crippen LogP contribution is -2.26. The Morgan fingerprint density at radius 2 is 1.80 bits per heavy atom. The largest absolute Gasteiger partial charge is 0.491 e.